The minimum Gasteiger partial charge on any atom is -0.507 e. The van der Waals surface area contributed by atoms with Crippen molar-refractivity contribution < 1.29 is 39.6 Å². The number of nitrogens with one attached hydrogen (secondary N) is 1. The summed E-state index contributed by atoms with van der Waals surface area (Å²) in [5.41, 5.74) is 4.31. The molecule has 200 valence electrons. The summed E-state index contributed by atoms with van der Waals surface area (Å²) in [5.74, 6) is -7.71. The van der Waals surface area contributed by atoms with Gasteiger partial charge in [-0.05, 0) is 56.8 Å². The number of aromatic hydroxyl groups is 1. The zero-order valence-corrected chi connectivity index (χ0v) is 21.1. The van der Waals surface area contributed by atoms with Crippen molar-refractivity contribution in [3.63, 3.8) is 0 Å². The second kappa shape index (κ2) is 9.55. The molecule has 2 fully saturated rings. The molecule has 0 heterocycles. The molecule has 0 spiro atoms. The fraction of sp³-hybridized carbons (Fsp3) is 0.538. The van der Waals surface area contributed by atoms with Crippen LogP contribution in [0.25, 0.3) is 5.76 Å². The molecule has 2 unspecified atom stereocenters. The maximum absolute atomic E-state index is 13.6. The molecule has 1 aromatic carbocycles. The quantitative estimate of drug-likeness (QED) is 0.267. The summed E-state index contributed by atoms with van der Waals surface area (Å²) >= 11 is 0. The zero-order valence-electron chi connectivity index (χ0n) is 21.1. The first-order chi connectivity index (χ1) is 17.3. The van der Waals surface area contributed by atoms with Gasteiger partial charge in [-0.3, -0.25) is 19.2 Å². The molecule has 2 amide bonds. The number of hydrogen-bond donors (Lipinski definition) is 6. The van der Waals surface area contributed by atoms with Gasteiger partial charge in [0.15, 0.2) is 11.4 Å². The first-order valence-electron chi connectivity index (χ1n) is 12.3. The Morgan fingerprint density at radius 1 is 1.19 bits per heavy atom. The van der Waals surface area contributed by atoms with Gasteiger partial charge in [-0.1, -0.05) is 13.0 Å². The highest BCUT2D eigenvalue weighted by Crippen LogP contribution is 2.52. The lowest BCUT2D eigenvalue weighted by molar-refractivity contribution is -0.174. The van der Waals surface area contributed by atoms with E-state index in [0.29, 0.717) is 17.5 Å². The number of ketones is 2. The molecule has 0 bridgehead atoms. The predicted molar refractivity (Wildman–Crippen MR) is 131 cm³/mol. The highest BCUT2D eigenvalue weighted by Gasteiger charge is 2.64. The number of benzene rings is 1. The number of phenolic OH excluding ortho intramolecular Hbond substituents is 1. The number of phenols is 1. The van der Waals surface area contributed by atoms with Crippen LogP contribution in [0.1, 0.15) is 42.0 Å². The zero-order chi connectivity index (χ0) is 27.4. The van der Waals surface area contributed by atoms with Crippen LogP contribution in [0.3, 0.4) is 0 Å². The Morgan fingerprint density at radius 2 is 1.86 bits per heavy atom. The molecule has 0 aromatic heterocycles. The van der Waals surface area contributed by atoms with Gasteiger partial charge in [-0.25, -0.2) is 0 Å². The third kappa shape index (κ3) is 4.20. The summed E-state index contributed by atoms with van der Waals surface area (Å²) in [7, 11) is 3.49. The minimum atomic E-state index is -2.61. The van der Waals surface area contributed by atoms with E-state index >= 15 is 0 Å². The number of hydrogen-bond acceptors (Lipinski definition) is 9. The van der Waals surface area contributed by atoms with Crippen LogP contribution in [0.2, 0.25) is 0 Å². The normalized spacial score (nSPS) is 29.0. The molecule has 11 heteroatoms. The number of fused-ring (bicyclic) bond motifs is 3. The van der Waals surface area contributed by atoms with E-state index in [1.807, 2.05) is 6.92 Å². The molecule has 4 rings (SSSR count). The van der Waals surface area contributed by atoms with Gasteiger partial charge in [0.2, 0.25) is 17.6 Å². The molecule has 37 heavy (non-hydrogen) atoms. The lowest BCUT2D eigenvalue weighted by Crippen LogP contribution is -2.66. The summed E-state index contributed by atoms with van der Waals surface area (Å²) in [4.78, 5) is 52.4. The number of Topliss-reactive ketones (excluding diaryl/α,β-unsaturated/α-hetero) is 2. The number of aryl methyl sites for hydroxylation is 1. The van der Waals surface area contributed by atoms with Gasteiger partial charge in [-0.2, -0.15) is 0 Å². The molecule has 0 saturated heterocycles. The topological polar surface area (TPSA) is 190 Å². The van der Waals surface area contributed by atoms with Crippen LogP contribution in [0.15, 0.2) is 11.6 Å². The van der Waals surface area contributed by atoms with Gasteiger partial charge in [0.25, 0.3) is 0 Å². The highest BCUT2D eigenvalue weighted by molar-refractivity contribution is 6.24. The third-order valence-corrected chi connectivity index (χ3v) is 7.87. The van der Waals surface area contributed by atoms with E-state index in [0.717, 1.165) is 5.56 Å². The Balaban J connectivity index is 1.78. The monoisotopic (exact) mass is 515 g/mol. The van der Waals surface area contributed by atoms with Crippen molar-refractivity contribution >= 4 is 29.1 Å². The lowest BCUT2D eigenvalue weighted by atomic mass is 9.56. The average molecular weight is 516 g/mol. The largest absolute Gasteiger partial charge is 0.507 e. The van der Waals surface area contributed by atoms with Crippen LogP contribution < -0.4 is 11.1 Å². The molecule has 3 aliphatic carbocycles. The number of rotatable bonds is 6. The molecule has 0 aliphatic heterocycles. The molecule has 2 saturated carbocycles. The van der Waals surface area contributed by atoms with Crippen LogP contribution in [0, 0.1) is 17.8 Å². The summed E-state index contributed by atoms with van der Waals surface area (Å²) < 4.78 is 0. The first kappa shape index (κ1) is 26.8. The molecular weight excluding hydrogens is 482 g/mol. The Bertz CT molecular complexity index is 1220. The number of primary amides is 1. The minimum absolute atomic E-state index is 0.0124. The Hall–Kier alpha value is -3.28. The van der Waals surface area contributed by atoms with Crippen LogP contribution in [0.4, 0.5) is 0 Å². The van der Waals surface area contributed by atoms with Crippen LogP contribution >= 0.6 is 0 Å². The third-order valence-electron chi connectivity index (χ3n) is 7.87. The summed E-state index contributed by atoms with van der Waals surface area (Å²) in [6.07, 6.45) is -0.660. The van der Waals surface area contributed by atoms with Gasteiger partial charge >= 0.3 is 0 Å². The molecule has 1 aromatic rings. The number of carbonyl (C=O) groups excluding carboxylic acids is 4. The summed E-state index contributed by atoms with van der Waals surface area (Å²) in [5, 5.41) is 46.8. The van der Waals surface area contributed by atoms with E-state index in [1.165, 1.54) is 0 Å². The lowest BCUT2D eigenvalue weighted by Gasteiger charge is -2.48. The number of aliphatic hydroxyl groups excluding tert-OH is 2. The number of nitrogens with two attached hydrogens (primary N) is 1. The van der Waals surface area contributed by atoms with E-state index in [9.17, 15) is 39.6 Å². The summed E-state index contributed by atoms with van der Waals surface area (Å²) in [6, 6.07) is 1.76. The van der Waals surface area contributed by atoms with Crippen LogP contribution in [-0.4, -0.2) is 81.1 Å². The van der Waals surface area contributed by atoms with Gasteiger partial charge in [0.1, 0.15) is 17.4 Å². The number of carbonyl (C=O) groups is 4. The fourth-order valence-corrected chi connectivity index (χ4v) is 6.12. The smallest absolute Gasteiger partial charge is 0.234 e. The van der Waals surface area contributed by atoms with Crippen molar-refractivity contribution in [1.82, 2.24) is 10.2 Å². The van der Waals surface area contributed by atoms with Gasteiger partial charge < -0.3 is 36.4 Å². The van der Waals surface area contributed by atoms with E-state index in [2.05, 4.69) is 5.32 Å². The van der Waals surface area contributed by atoms with E-state index in [4.69, 9.17) is 5.73 Å². The van der Waals surface area contributed by atoms with Crippen molar-refractivity contribution in [1.29, 1.82) is 0 Å². The molecule has 11 nitrogen and oxygen atoms in total. The van der Waals surface area contributed by atoms with E-state index in [-0.39, 0.29) is 55.1 Å². The first-order valence-corrected chi connectivity index (χ1v) is 12.3. The van der Waals surface area contributed by atoms with Gasteiger partial charge in [0.05, 0.1) is 18.2 Å². The summed E-state index contributed by atoms with van der Waals surface area (Å²) in [6.45, 7) is 2.04. The average Bonchev–Trinajstić information content (AvgIpc) is 2.80. The standard InChI is InChI=1S/C26H33N3O8/c1-4-11-5-13(9-28-17(31)10-29(2)3)21(32)19-15(11)7-12-6-14-8-16(30)20(25(27)36)24(35)26(14,37)23(34)18(12)22(19)33/h5,12,14,16,20,30,32-33,37H,4,6-10H2,1-3H3,(H2,27,36)(H,28,31)/t12-,14+,16?,20?,26+/m1/s1. The maximum atomic E-state index is 13.6. The second-order valence-corrected chi connectivity index (χ2v) is 10.5. The van der Waals surface area contributed by atoms with Crippen molar-refractivity contribution in [2.75, 3.05) is 20.6 Å². The molecule has 7 N–H and O–H groups in total. The highest BCUT2D eigenvalue weighted by atomic mass is 16.3. The van der Waals surface area contributed by atoms with E-state index < -0.39 is 52.7 Å². The Labute approximate surface area is 213 Å². The van der Waals surface area contributed by atoms with Gasteiger partial charge in [0, 0.05) is 23.6 Å². The number of aliphatic hydroxyl groups is 3. The van der Waals surface area contributed by atoms with E-state index in [1.54, 1.807) is 25.1 Å². The number of amides is 2. The SMILES string of the molecule is CCc1cc(CNC(=O)CN(C)C)c(O)c2c1C[C@H]1C[C@H]3CC(O)C(C(N)=O)C(=O)[C@@]3(O)C(=O)C1=C2O. The van der Waals surface area contributed by atoms with Crippen molar-refractivity contribution in [3.05, 3.63) is 33.9 Å². The van der Waals surface area contributed by atoms with Crippen molar-refractivity contribution in [3.8, 4) is 5.75 Å². The van der Waals surface area contributed by atoms with Crippen LogP contribution in [-0.2, 0) is 38.6 Å². The number of nitrogens with zero attached hydrogens (tertiary/aromatic N) is 1. The van der Waals surface area contributed by atoms with Gasteiger partial charge in [-0.15, -0.1) is 0 Å². The molecule has 0 radical (unpaired) electrons. The second-order valence-electron chi connectivity index (χ2n) is 10.5. The maximum Gasteiger partial charge on any atom is 0.234 e. The number of likely N-dealkylation sites (N-methyl/N-ethyl adjacent to an activating group) is 1. The van der Waals surface area contributed by atoms with Crippen molar-refractivity contribution in [2.45, 2.75) is 50.9 Å². The molecular formula is C26H33N3O8. The molecule has 5 atom stereocenters. The molecule has 3 aliphatic rings. The Morgan fingerprint density at radius 3 is 2.46 bits per heavy atom. The van der Waals surface area contributed by atoms with Crippen molar-refractivity contribution in [2.24, 2.45) is 23.5 Å². The van der Waals surface area contributed by atoms with Crippen LogP contribution in [0.5, 0.6) is 5.75 Å². The Kier molecular flexibility index (Phi) is 6.91. The fourth-order valence-electron chi connectivity index (χ4n) is 6.12. The predicted octanol–water partition coefficient (Wildman–Crippen LogP) is -0.671.